The molecule has 1 aliphatic heterocycles. The fourth-order valence-electron chi connectivity index (χ4n) is 6.14. The van der Waals surface area contributed by atoms with E-state index in [1.165, 1.54) is 27.7 Å². The molecule has 69 heavy (non-hydrogen) atoms. The summed E-state index contributed by atoms with van der Waals surface area (Å²) >= 11 is 0. The highest BCUT2D eigenvalue weighted by Crippen LogP contribution is 2.34. The van der Waals surface area contributed by atoms with E-state index in [-0.39, 0.29) is 6.10 Å². The second-order valence-corrected chi connectivity index (χ2v) is 17.8. The minimum Gasteiger partial charge on any atom is -0.493 e. The van der Waals surface area contributed by atoms with Crippen LogP contribution >= 0.6 is 0 Å². The molecule has 0 aromatic heterocycles. The molecule has 0 saturated carbocycles. The third-order valence-corrected chi connectivity index (χ3v) is 9.09. The monoisotopic (exact) mass is 945 g/mol. The molecule has 1 aliphatic rings. The molecule has 0 unspecified atom stereocenters. The Hall–Kier alpha value is -6.36. The van der Waals surface area contributed by atoms with Crippen molar-refractivity contribution >= 4 is 27.8 Å². The van der Waals surface area contributed by atoms with Gasteiger partial charge < -0.3 is 49.7 Å². The van der Waals surface area contributed by atoms with Gasteiger partial charge in [-0.2, -0.15) is 0 Å². The Bertz CT molecular complexity index is 2200. The van der Waals surface area contributed by atoms with Gasteiger partial charge in [0.25, 0.3) is 0 Å². The number of fused-ring (bicyclic) bond motifs is 2. The number of hydrogen-bond donors (Lipinski definition) is 4. The smallest absolute Gasteiger partial charge is 0.231 e. The van der Waals surface area contributed by atoms with E-state index in [2.05, 4.69) is 138 Å². The first-order valence-electron chi connectivity index (χ1n) is 24.1. The van der Waals surface area contributed by atoms with E-state index in [0.717, 1.165) is 41.0 Å². The van der Waals surface area contributed by atoms with Gasteiger partial charge in [-0.3, -0.25) is 0 Å². The largest absolute Gasteiger partial charge is 0.493 e. The van der Waals surface area contributed by atoms with Crippen molar-refractivity contribution in [3.05, 3.63) is 158 Å². The summed E-state index contributed by atoms with van der Waals surface area (Å²) < 4.78 is 31.4. The Morgan fingerprint density at radius 3 is 1.58 bits per heavy atom. The van der Waals surface area contributed by atoms with Crippen molar-refractivity contribution in [2.24, 2.45) is 0 Å². The van der Waals surface area contributed by atoms with Crippen molar-refractivity contribution in [1.82, 2.24) is 5.32 Å². The first-order chi connectivity index (χ1) is 33.0. The Labute approximate surface area is 416 Å². The van der Waals surface area contributed by atoms with Crippen molar-refractivity contribution in [2.45, 2.75) is 126 Å². The van der Waals surface area contributed by atoms with E-state index in [4.69, 9.17) is 28.4 Å². The number of rotatable bonds is 16. The van der Waals surface area contributed by atoms with Gasteiger partial charge in [-0.25, -0.2) is 0 Å². The van der Waals surface area contributed by atoms with Crippen LogP contribution in [0.25, 0.3) is 10.8 Å². The lowest BCUT2D eigenvalue weighted by atomic mass is 10.1. The molecule has 1 heterocycles. The van der Waals surface area contributed by atoms with Crippen LogP contribution in [0.2, 0.25) is 0 Å². The molecule has 0 spiro atoms. The standard InChI is InChI=1S/C13H15N.C12H19NO2.C10H13NO2.C9H13N.C9H12O.C6H12O/c1-10(2)14-13-8-7-11-5-3-4-6-12(11)9-13;1-9(2)13-8-10-5-6-11(14-3)12(7-10)15-4;1-7(2)11-8-3-4-9-10(5-8)13-6-12-9;2*1-8(2)10-9-6-4-3-5-7-9;1-4-5-7-6(2)3/h3-10,14H,1-2H3;5-7,9,13H,8H2,1-4H3;3-5,7,11H,6H2,1-2H3;3-8,10H,1-2H3;3-8H,1-2H3;4,6H,1,5H2,2-3H3. The Balaban J connectivity index is 0.000000288. The van der Waals surface area contributed by atoms with Gasteiger partial charge in [-0.1, -0.05) is 92.7 Å². The number of ether oxygens (including phenoxy) is 6. The molecular formula is C59H84N4O6. The maximum atomic E-state index is 5.41. The van der Waals surface area contributed by atoms with Gasteiger partial charge in [-0.05, 0) is 146 Å². The van der Waals surface area contributed by atoms with Gasteiger partial charge in [0.05, 0.1) is 33.0 Å². The average Bonchev–Trinajstić information content (AvgIpc) is 3.79. The second-order valence-electron chi connectivity index (χ2n) is 17.8. The minimum atomic E-state index is 0.266. The van der Waals surface area contributed by atoms with Crippen LogP contribution in [-0.4, -0.2) is 64.0 Å². The molecule has 0 atom stereocenters. The molecule has 0 radical (unpaired) electrons. The highest BCUT2D eigenvalue weighted by Gasteiger charge is 2.13. The van der Waals surface area contributed by atoms with Gasteiger partial charge in [-0.15, -0.1) is 6.58 Å². The van der Waals surface area contributed by atoms with Gasteiger partial charge in [0.1, 0.15) is 5.75 Å². The lowest BCUT2D eigenvalue weighted by Gasteiger charge is -2.11. The molecule has 10 heteroatoms. The molecule has 0 fully saturated rings. The summed E-state index contributed by atoms with van der Waals surface area (Å²) in [5, 5.41) is 15.9. The van der Waals surface area contributed by atoms with Gasteiger partial charge in [0, 0.05) is 53.8 Å². The Morgan fingerprint density at radius 1 is 0.507 bits per heavy atom. The quantitative estimate of drug-likeness (QED) is 0.0702. The second kappa shape index (κ2) is 34.0. The highest BCUT2D eigenvalue weighted by atomic mass is 16.7. The summed E-state index contributed by atoms with van der Waals surface area (Å²) in [4.78, 5) is 0. The van der Waals surface area contributed by atoms with Crippen LogP contribution in [0.5, 0.6) is 28.7 Å². The molecule has 0 saturated heterocycles. The van der Waals surface area contributed by atoms with Crippen molar-refractivity contribution in [3.63, 3.8) is 0 Å². The normalized spacial score (nSPS) is 10.8. The summed E-state index contributed by atoms with van der Waals surface area (Å²) in [7, 11) is 3.29. The van der Waals surface area contributed by atoms with Crippen LogP contribution in [0.3, 0.4) is 0 Å². The number of methoxy groups -OCH3 is 2. The van der Waals surface area contributed by atoms with Crippen LogP contribution in [0.4, 0.5) is 17.1 Å². The summed E-state index contributed by atoms with van der Waals surface area (Å²) in [5.41, 5.74) is 4.65. The first-order valence-corrected chi connectivity index (χ1v) is 24.1. The van der Waals surface area contributed by atoms with Crippen LogP contribution in [-0.2, 0) is 11.3 Å². The van der Waals surface area contributed by atoms with Crippen LogP contribution < -0.4 is 45.0 Å². The predicted molar refractivity (Wildman–Crippen MR) is 294 cm³/mol. The predicted octanol–water partition coefficient (Wildman–Crippen LogP) is 14.7. The fraction of sp³-hybridized carbons (Fsp3) is 0.390. The molecule has 4 N–H and O–H groups in total. The van der Waals surface area contributed by atoms with Crippen molar-refractivity contribution in [3.8, 4) is 28.7 Å². The number of para-hydroxylation sites is 2. The summed E-state index contributed by atoms with van der Waals surface area (Å²) in [5.74, 6) is 4.14. The number of benzene rings is 6. The topological polar surface area (TPSA) is 104 Å². The molecule has 0 bridgehead atoms. The lowest BCUT2D eigenvalue weighted by Crippen LogP contribution is -2.21. The van der Waals surface area contributed by atoms with Crippen molar-refractivity contribution in [1.29, 1.82) is 0 Å². The summed E-state index contributed by atoms with van der Waals surface area (Å²) in [6.45, 7) is 30.4. The first kappa shape index (κ1) is 58.8. The van der Waals surface area contributed by atoms with E-state index < -0.39 is 0 Å². The Kier molecular flexibility index (Phi) is 29.0. The lowest BCUT2D eigenvalue weighted by molar-refractivity contribution is 0.103. The summed E-state index contributed by atoms with van der Waals surface area (Å²) in [6.07, 6.45) is 2.35. The van der Waals surface area contributed by atoms with E-state index in [1.807, 2.05) is 113 Å². The maximum Gasteiger partial charge on any atom is 0.231 e. The third kappa shape index (κ3) is 26.7. The molecular weight excluding hydrogens is 861 g/mol. The fourth-order valence-corrected chi connectivity index (χ4v) is 6.14. The minimum absolute atomic E-state index is 0.266. The molecule has 6 aromatic carbocycles. The molecule has 376 valence electrons. The number of hydrogen-bond acceptors (Lipinski definition) is 10. The van der Waals surface area contributed by atoms with E-state index >= 15 is 0 Å². The SMILES string of the molecule is C=CCOC(C)C.CC(C)Nc1ccc2c(c1)OCO2.CC(C)Nc1ccc2ccccc2c1.CC(C)Nc1ccccc1.CC(C)Oc1ccccc1.COc1ccc(CNC(C)C)cc1OC. The third-order valence-electron chi connectivity index (χ3n) is 9.09. The van der Waals surface area contributed by atoms with Gasteiger partial charge in [0.15, 0.2) is 23.0 Å². The number of nitrogens with one attached hydrogen (secondary N) is 4. The van der Waals surface area contributed by atoms with Crippen LogP contribution in [0.1, 0.15) is 88.6 Å². The zero-order valence-corrected chi connectivity index (χ0v) is 44.1. The highest BCUT2D eigenvalue weighted by molar-refractivity contribution is 5.85. The van der Waals surface area contributed by atoms with E-state index in [1.54, 1.807) is 20.3 Å². The van der Waals surface area contributed by atoms with Crippen molar-refractivity contribution in [2.75, 3.05) is 43.6 Å². The molecule has 7 rings (SSSR count). The zero-order valence-electron chi connectivity index (χ0n) is 44.1. The van der Waals surface area contributed by atoms with Crippen LogP contribution in [0, 0.1) is 0 Å². The number of anilines is 3. The van der Waals surface area contributed by atoms with Crippen molar-refractivity contribution < 1.29 is 28.4 Å². The van der Waals surface area contributed by atoms with E-state index in [9.17, 15) is 0 Å². The van der Waals surface area contributed by atoms with Gasteiger partial charge >= 0.3 is 0 Å². The van der Waals surface area contributed by atoms with E-state index in [0.29, 0.717) is 43.7 Å². The molecule has 6 aromatic rings. The summed E-state index contributed by atoms with van der Waals surface area (Å²) in [6, 6.07) is 48.7. The van der Waals surface area contributed by atoms with Gasteiger partial charge in [0.2, 0.25) is 6.79 Å². The average molecular weight is 945 g/mol. The molecule has 10 nitrogen and oxygen atoms in total. The van der Waals surface area contributed by atoms with Crippen LogP contribution in [0.15, 0.2) is 152 Å². The maximum absolute atomic E-state index is 5.41. The molecule has 0 aliphatic carbocycles. The molecule has 0 amide bonds. The zero-order chi connectivity index (χ0) is 51.0. The Morgan fingerprint density at radius 2 is 1.04 bits per heavy atom.